The Morgan fingerprint density at radius 3 is 2.58 bits per heavy atom. The molecule has 0 radical (unpaired) electrons. The van der Waals surface area contributed by atoms with E-state index in [1.165, 1.54) is 6.20 Å². The lowest BCUT2D eigenvalue weighted by Crippen LogP contribution is -2.56. The standard InChI is InChI=1S/C23H28F3N5/c1-15-10-11-21-18(12-15)19(14-28)20(31(21)17-7-5-8-17)9-4-6-16(13-27)29-30-22(2,3)23(24,25)26/h4,6,10-13,17,29-30H,5,7-9,27H2,1-3H3/b6-4-,16-13+. The van der Waals surface area contributed by atoms with Crippen LogP contribution >= 0.6 is 0 Å². The van der Waals surface area contributed by atoms with Gasteiger partial charge in [0.2, 0.25) is 0 Å². The third kappa shape index (κ3) is 4.57. The van der Waals surface area contributed by atoms with Gasteiger partial charge in [-0.15, -0.1) is 0 Å². The summed E-state index contributed by atoms with van der Waals surface area (Å²) in [5.74, 6) is 0. The summed E-state index contributed by atoms with van der Waals surface area (Å²) in [7, 11) is 0. The predicted octanol–water partition coefficient (Wildman–Crippen LogP) is 4.88. The topological polar surface area (TPSA) is 78.8 Å². The Labute approximate surface area is 180 Å². The second-order valence-electron chi connectivity index (χ2n) is 8.51. The van der Waals surface area contributed by atoms with Crippen molar-refractivity contribution in [2.24, 2.45) is 5.73 Å². The third-order valence-corrected chi connectivity index (χ3v) is 5.83. The average Bonchev–Trinajstić information content (AvgIpc) is 2.94. The fraction of sp³-hybridized carbons (Fsp3) is 0.435. The van der Waals surface area contributed by atoms with E-state index >= 15 is 0 Å². The number of nitrogens with one attached hydrogen (secondary N) is 2. The van der Waals surface area contributed by atoms with Crippen molar-refractivity contribution in [2.45, 2.75) is 64.2 Å². The predicted molar refractivity (Wildman–Crippen MR) is 116 cm³/mol. The van der Waals surface area contributed by atoms with Crippen LogP contribution in [0.25, 0.3) is 10.9 Å². The number of hydrazine groups is 1. The van der Waals surface area contributed by atoms with Gasteiger partial charge in [-0.05, 0) is 58.2 Å². The van der Waals surface area contributed by atoms with Crippen molar-refractivity contribution in [1.29, 1.82) is 5.26 Å². The van der Waals surface area contributed by atoms with Gasteiger partial charge in [0.25, 0.3) is 0 Å². The van der Waals surface area contributed by atoms with E-state index in [1.54, 1.807) is 6.08 Å². The van der Waals surface area contributed by atoms with Crippen molar-refractivity contribution in [3.05, 3.63) is 59.1 Å². The van der Waals surface area contributed by atoms with Crippen LogP contribution in [-0.4, -0.2) is 16.3 Å². The lowest BCUT2D eigenvalue weighted by Gasteiger charge is -2.30. The van der Waals surface area contributed by atoms with E-state index in [4.69, 9.17) is 5.73 Å². The van der Waals surface area contributed by atoms with Gasteiger partial charge in [0.1, 0.15) is 11.6 Å². The number of aromatic nitrogens is 1. The number of halogens is 3. The Kier molecular flexibility index (Phi) is 6.37. The number of hydrogen-bond donors (Lipinski definition) is 3. The van der Waals surface area contributed by atoms with E-state index < -0.39 is 11.7 Å². The maximum Gasteiger partial charge on any atom is 0.407 e. The molecule has 4 N–H and O–H groups in total. The van der Waals surface area contributed by atoms with E-state index in [9.17, 15) is 18.4 Å². The Hall–Kier alpha value is -2.92. The zero-order valence-electron chi connectivity index (χ0n) is 18.0. The highest BCUT2D eigenvalue weighted by molar-refractivity contribution is 5.89. The molecule has 5 nitrogen and oxygen atoms in total. The van der Waals surface area contributed by atoms with Crippen LogP contribution in [0.1, 0.15) is 56.0 Å². The van der Waals surface area contributed by atoms with Gasteiger partial charge in [0.05, 0.1) is 11.3 Å². The summed E-state index contributed by atoms with van der Waals surface area (Å²) in [6.45, 7) is 4.08. The molecule has 1 aromatic heterocycles. The molecule has 1 saturated carbocycles. The van der Waals surface area contributed by atoms with Gasteiger partial charge in [0.15, 0.2) is 0 Å². The first-order valence-electron chi connectivity index (χ1n) is 10.3. The summed E-state index contributed by atoms with van der Waals surface area (Å²) in [5, 5.41) is 10.8. The van der Waals surface area contributed by atoms with E-state index in [2.05, 4.69) is 27.6 Å². The largest absolute Gasteiger partial charge is 0.407 e. The molecule has 0 saturated heterocycles. The van der Waals surface area contributed by atoms with Crippen molar-refractivity contribution in [3.63, 3.8) is 0 Å². The van der Waals surface area contributed by atoms with Crippen LogP contribution in [0, 0.1) is 18.3 Å². The first-order valence-corrected chi connectivity index (χ1v) is 10.3. The van der Waals surface area contributed by atoms with Gasteiger partial charge >= 0.3 is 6.18 Å². The lowest BCUT2D eigenvalue weighted by atomic mass is 9.92. The van der Waals surface area contributed by atoms with E-state index in [-0.39, 0.29) is 0 Å². The number of hydrogen-bond acceptors (Lipinski definition) is 4. The summed E-state index contributed by atoms with van der Waals surface area (Å²) in [6.07, 6.45) is 3.99. The van der Waals surface area contributed by atoms with Crippen LogP contribution in [0.2, 0.25) is 0 Å². The summed E-state index contributed by atoms with van der Waals surface area (Å²) in [5.41, 5.74) is 12.3. The molecule has 0 atom stereocenters. The van der Waals surface area contributed by atoms with Crippen molar-refractivity contribution in [3.8, 4) is 6.07 Å². The monoisotopic (exact) mass is 431 g/mol. The summed E-state index contributed by atoms with van der Waals surface area (Å²) < 4.78 is 41.3. The van der Waals surface area contributed by atoms with Gasteiger partial charge in [-0.2, -0.15) is 18.4 Å². The third-order valence-electron chi connectivity index (χ3n) is 5.83. The molecular weight excluding hydrogens is 403 g/mol. The number of benzene rings is 1. The Morgan fingerprint density at radius 1 is 1.32 bits per heavy atom. The number of nitrogens with two attached hydrogens (primary N) is 1. The molecule has 0 unspecified atom stereocenters. The first kappa shape index (κ1) is 22.8. The van der Waals surface area contributed by atoms with Gasteiger partial charge in [-0.3, -0.25) is 0 Å². The number of fused-ring (bicyclic) bond motifs is 1. The number of rotatable bonds is 7. The Morgan fingerprint density at radius 2 is 2.03 bits per heavy atom. The molecule has 1 fully saturated rings. The molecule has 0 bridgehead atoms. The maximum atomic E-state index is 13.0. The molecule has 1 aliphatic rings. The molecule has 8 heteroatoms. The Bertz CT molecular complexity index is 1050. The summed E-state index contributed by atoms with van der Waals surface area (Å²) in [6, 6.07) is 8.87. The number of nitriles is 1. The van der Waals surface area contributed by atoms with Crippen LogP contribution in [0.4, 0.5) is 13.2 Å². The van der Waals surface area contributed by atoms with Crippen molar-refractivity contribution in [2.75, 3.05) is 0 Å². The quantitative estimate of drug-likeness (QED) is 0.431. The molecule has 31 heavy (non-hydrogen) atoms. The zero-order valence-corrected chi connectivity index (χ0v) is 18.0. The number of nitrogens with zero attached hydrogens (tertiary/aromatic N) is 2. The molecule has 2 aromatic rings. The van der Waals surface area contributed by atoms with Crippen LogP contribution in [0.5, 0.6) is 0 Å². The molecule has 3 rings (SSSR count). The number of alkyl halides is 3. The van der Waals surface area contributed by atoms with E-state index in [0.717, 1.165) is 55.3 Å². The van der Waals surface area contributed by atoms with Gasteiger partial charge in [-0.25, -0.2) is 5.43 Å². The molecule has 0 aliphatic heterocycles. The normalized spacial score (nSPS) is 16.0. The van der Waals surface area contributed by atoms with Gasteiger partial charge in [-0.1, -0.05) is 17.7 Å². The van der Waals surface area contributed by atoms with Crippen LogP contribution in [0.15, 0.2) is 42.2 Å². The first-order chi connectivity index (χ1) is 14.6. The van der Waals surface area contributed by atoms with Crippen LogP contribution in [0.3, 0.4) is 0 Å². The van der Waals surface area contributed by atoms with Crippen LogP contribution in [-0.2, 0) is 6.42 Å². The molecular formula is C23H28F3N5. The van der Waals surface area contributed by atoms with E-state index in [1.807, 2.05) is 25.1 Å². The van der Waals surface area contributed by atoms with Crippen molar-refractivity contribution >= 4 is 10.9 Å². The maximum absolute atomic E-state index is 13.0. The van der Waals surface area contributed by atoms with E-state index in [0.29, 0.717) is 23.7 Å². The second kappa shape index (κ2) is 8.67. The molecule has 1 heterocycles. The fourth-order valence-corrected chi connectivity index (χ4v) is 3.60. The molecule has 1 aromatic carbocycles. The highest BCUT2D eigenvalue weighted by atomic mass is 19.4. The fourth-order valence-electron chi connectivity index (χ4n) is 3.60. The summed E-state index contributed by atoms with van der Waals surface area (Å²) >= 11 is 0. The smallest absolute Gasteiger partial charge is 0.403 e. The zero-order chi connectivity index (χ0) is 22.8. The summed E-state index contributed by atoms with van der Waals surface area (Å²) in [4.78, 5) is 0. The molecule has 0 amide bonds. The number of aryl methyl sites for hydroxylation is 1. The molecule has 166 valence electrons. The van der Waals surface area contributed by atoms with Crippen molar-refractivity contribution in [1.82, 2.24) is 15.4 Å². The Balaban J connectivity index is 1.84. The highest BCUT2D eigenvalue weighted by Gasteiger charge is 2.47. The van der Waals surface area contributed by atoms with Gasteiger partial charge < -0.3 is 15.7 Å². The molecule has 0 spiro atoms. The van der Waals surface area contributed by atoms with Crippen LogP contribution < -0.4 is 16.6 Å². The minimum absolute atomic E-state index is 0.304. The minimum Gasteiger partial charge on any atom is -0.403 e. The number of allylic oxidation sites excluding steroid dienone is 2. The van der Waals surface area contributed by atoms with Gasteiger partial charge in [0, 0.05) is 35.3 Å². The average molecular weight is 432 g/mol. The second-order valence-corrected chi connectivity index (χ2v) is 8.51. The SMILES string of the molecule is Cc1ccc2c(c1)c(C#N)c(C/C=C\C(=C/N)NNC(C)(C)C(F)(F)F)n2C1CCC1. The van der Waals surface area contributed by atoms with Crippen molar-refractivity contribution < 1.29 is 13.2 Å². The highest BCUT2D eigenvalue weighted by Crippen LogP contribution is 2.39. The minimum atomic E-state index is -4.42. The lowest BCUT2D eigenvalue weighted by molar-refractivity contribution is -0.188. The molecule has 1 aliphatic carbocycles.